The molecular formula is C16H21N3. The fourth-order valence-electron chi connectivity index (χ4n) is 3.16. The monoisotopic (exact) mass is 255 g/mol. The van der Waals surface area contributed by atoms with E-state index in [2.05, 4.69) is 41.5 Å². The zero-order valence-corrected chi connectivity index (χ0v) is 11.7. The molecule has 3 rings (SSSR count). The molecule has 0 bridgehead atoms. The Balaban J connectivity index is 1.85. The molecule has 1 fully saturated rings. The Morgan fingerprint density at radius 1 is 1.26 bits per heavy atom. The number of benzene rings is 1. The predicted octanol–water partition coefficient (Wildman–Crippen LogP) is 4.01. The molecule has 0 saturated heterocycles. The van der Waals surface area contributed by atoms with Gasteiger partial charge in [0.25, 0.3) is 0 Å². The van der Waals surface area contributed by atoms with Gasteiger partial charge in [-0.3, -0.25) is 0 Å². The van der Waals surface area contributed by atoms with E-state index in [1.54, 1.807) is 0 Å². The Morgan fingerprint density at radius 3 is 2.95 bits per heavy atom. The van der Waals surface area contributed by atoms with Gasteiger partial charge in [-0.05, 0) is 30.7 Å². The topological polar surface area (TPSA) is 37.8 Å². The number of rotatable bonds is 2. The summed E-state index contributed by atoms with van der Waals surface area (Å²) < 4.78 is 0. The Kier molecular flexibility index (Phi) is 3.13. The molecule has 1 N–H and O–H groups in total. The van der Waals surface area contributed by atoms with Gasteiger partial charge in [0.2, 0.25) is 0 Å². The first kappa shape index (κ1) is 12.4. The number of nitrogens with zero attached hydrogens (tertiary/aromatic N) is 2. The third kappa shape index (κ3) is 2.70. The lowest BCUT2D eigenvalue weighted by molar-refractivity contribution is 0.229. The van der Waals surface area contributed by atoms with Crippen LogP contribution < -0.4 is 5.32 Å². The van der Waals surface area contributed by atoms with Crippen LogP contribution in [0.15, 0.2) is 30.5 Å². The van der Waals surface area contributed by atoms with Crippen LogP contribution in [0.1, 0.15) is 39.5 Å². The molecule has 19 heavy (non-hydrogen) atoms. The van der Waals surface area contributed by atoms with E-state index in [9.17, 15) is 0 Å². The van der Waals surface area contributed by atoms with Crippen LogP contribution >= 0.6 is 0 Å². The van der Waals surface area contributed by atoms with Gasteiger partial charge in [0, 0.05) is 11.4 Å². The maximum atomic E-state index is 4.17. The molecule has 0 amide bonds. The van der Waals surface area contributed by atoms with Gasteiger partial charge in [0.15, 0.2) is 0 Å². The van der Waals surface area contributed by atoms with Crippen molar-refractivity contribution in [2.45, 2.75) is 45.6 Å². The molecule has 0 spiro atoms. The second-order valence-electron chi connectivity index (χ2n) is 6.38. The molecule has 2 aromatic rings. The largest absolute Gasteiger partial charge is 0.380 e. The van der Waals surface area contributed by atoms with Crippen molar-refractivity contribution in [3.05, 3.63) is 30.5 Å². The molecule has 1 unspecified atom stereocenters. The maximum Gasteiger partial charge on any atom is 0.0950 e. The number of anilines is 1. The van der Waals surface area contributed by atoms with Crippen LogP contribution in [0.4, 0.5) is 5.69 Å². The summed E-state index contributed by atoms with van der Waals surface area (Å²) in [4.78, 5) is 0. The van der Waals surface area contributed by atoms with E-state index < -0.39 is 0 Å². The van der Waals surface area contributed by atoms with E-state index >= 15 is 0 Å². The van der Waals surface area contributed by atoms with Gasteiger partial charge in [-0.1, -0.05) is 38.5 Å². The first-order valence-corrected chi connectivity index (χ1v) is 7.11. The highest BCUT2D eigenvalue weighted by molar-refractivity contribution is 5.90. The molecule has 1 aliphatic rings. The highest BCUT2D eigenvalue weighted by Gasteiger charge is 2.28. The third-order valence-electron chi connectivity index (χ3n) is 4.11. The summed E-state index contributed by atoms with van der Waals surface area (Å²) in [7, 11) is 0. The van der Waals surface area contributed by atoms with Crippen LogP contribution in [0.3, 0.4) is 0 Å². The quantitative estimate of drug-likeness (QED) is 0.881. The molecule has 1 atom stereocenters. The molecule has 1 saturated carbocycles. The van der Waals surface area contributed by atoms with Crippen molar-refractivity contribution in [3.63, 3.8) is 0 Å². The van der Waals surface area contributed by atoms with Crippen LogP contribution in [0.2, 0.25) is 0 Å². The molecule has 3 heteroatoms. The first-order valence-electron chi connectivity index (χ1n) is 7.11. The van der Waals surface area contributed by atoms with Crippen LogP contribution in [-0.4, -0.2) is 16.2 Å². The van der Waals surface area contributed by atoms with E-state index in [-0.39, 0.29) is 0 Å². The van der Waals surface area contributed by atoms with Gasteiger partial charge in [0.05, 0.1) is 17.4 Å². The molecule has 1 heterocycles. The molecule has 1 aliphatic carbocycles. The minimum atomic E-state index is 0.451. The average molecular weight is 255 g/mol. The average Bonchev–Trinajstić information content (AvgIpc) is 2.38. The molecule has 1 aromatic heterocycles. The summed E-state index contributed by atoms with van der Waals surface area (Å²) in [6, 6.07) is 8.74. The summed E-state index contributed by atoms with van der Waals surface area (Å²) in [5.41, 5.74) is 2.53. The standard InChI is InChI=1S/C16H21N3/c1-16(2)9-5-6-12(10-16)18-15-11-17-19-14-8-4-3-7-13(14)15/h3-4,7-8,11-12H,5-6,9-10H2,1-2H3,(H,18,19). The number of nitrogens with one attached hydrogen (secondary N) is 1. The molecule has 3 nitrogen and oxygen atoms in total. The van der Waals surface area contributed by atoms with Crippen molar-refractivity contribution in [3.8, 4) is 0 Å². The van der Waals surface area contributed by atoms with E-state index in [0.717, 1.165) is 11.2 Å². The lowest BCUT2D eigenvalue weighted by atomic mass is 9.75. The molecule has 0 radical (unpaired) electrons. The lowest BCUT2D eigenvalue weighted by Crippen LogP contribution is -2.31. The Bertz CT molecular complexity index is 572. The van der Waals surface area contributed by atoms with Crippen molar-refractivity contribution in [2.75, 3.05) is 5.32 Å². The first-order chi connectivity index (χ1) is 9.14. The van der Waals surface area contributed by atoms with E-state index in [4.69, 9.17) is 0 Å². The maximum absolute atomic E-state index is 4.17. The van der Waals surface area contributed by atoms with E-state index in [1.807, 2.05) is 18.3 Å². The van der Waals surface area contributed by atoms with Gasteiger partial charge in [0.1, 0.15) is 0 Å². The third-order valence-corrected chi connectivity index (χ3v) is 4.11. The second-order valence-corrected chi connectivity index (χ2v) is 6.38. The van der Waals surface area contributed by atoms with Crippen LogP contribution in [0.25, 0.3) is 10.9 Å². The smallest absolute Gasteiger partial charge is 0.0950 e. The zero-order valence-electron chi connectivity index (χ0n) is 11.7. The van der Waals surface area contributed by atoms with Crippen molar-refractivity contribution < 1.29 is 0 Å². The normalized spacial score (nSPS) is 22.3. The summed E-state index contributed by atoms with van der Waals surface area (Å²) in [5, 5.41) is 13.1. The van der Waals surface area contributed by atoms with Crippen LogP contribution in [0, 0.1) is 5.41 Å². The van der Waals surface area contributed by atoms with Crippen LogP contribution in [-0.2, 0) is 0 Å². The van der Waals surface area contributed by atoms with Gasteiger partial charge >= 0.3 is 0 Å². The Morgan fingerprint density at radius 2 is 2.11 bits per heavy atom. The van der Waals surface area contributed by atoms with Gasteiger partial charge in [-0.15, -0.1) is 0 Å². The van der Waals surface area contributed by atoms with Crippen molar-refractivity contribution in [1.29, 1.82) is 0 Å². The van der Waals surface area contributed by atoms with Crippen LogP contribution in [0.5, 0.6) is 0 Å². The summed E-state index contributed by atoms with van der Waals surface area (Å²) in [6.45, 7) is 4.73. The molecule has 1 aromatic carbocycles. The fraction of sp³-hybridized carbons (Fsp3) is 0.500. The Hall–Kier alpha value is -1.64. The predicted molar refractivity (Wildman–Crippen MR) is 79.2 cm³/mol. The SMILES string of the molecule is CC1(C)CCCC(Nc2cnnc3ccccc23)C1. The Labute approximate surface area is 114 Å². The lowest BCUT2D eigenvalue weighted by Gasteiger charge is -2.36. The molecular weight excluding hydrogens is 234 g/mol. The summed E-state index contributed by atoms with van der Waals surface area (Å²) in [6.07, 6.45) is 6.97. The van der Waals surface area contributed by atoms with Crippen molar-refractivity contribution in [1.82, 2.24) is 10.2 Å². The minimum Gasteiger partial charge on any atom is -0.380 e. The fourth-order valence-corrected chi connectivity index (χ4v) is 3.16. The van der Waals surface area contributed by atoms with Crippen molar-refractivity contribution in [2.24, 2.45) is 5.41 Å². The highest BCUT2D eigenvalue weighted by atomic mass is 15.1. The summed E-state index contributed by atoms with van der Waals surface area (Å²) >= 11 is 0. The van der Waals surface area contributed by atoms with Crippen molar-refractivity contribution >= 4 is 16.6 Å². The number of hydrogen-bond donors (Lipinski definition) is 1. The second kappa shape index (κ2) is 4.80. The number of hydrogen-bond acceptors (Lipinski definition) is 3. The minimum absolute atomic E-state index is 0.451. The van der Waals surface area contributed by atoms with Gasteiger partial charge in [-0.25, -0.2) is 0 Å². The van der Waals surface area contributed by atoms with Gasteiger partial charge in [-0.2, -0.15) is 10.2 Å². The zero-order chi connectivity index (χ0) is 13.3. The van der Waals surface area contributed by atoms with Gasteiger partial charge < -0.3 is 5.32 Å². The molecule has 100 valence electrons. The number of aromatic nitrogens is 2. The van der Waals surface area contributed by atoms with E-state index in [0.29, 0.717) is 11.5 Å². The highest BCUT2D eigenvalue weighted by Crippen LogP contribution is 2.36. The van der Waals surface area contributed by atoms with E-state index in [1.165, 1.54) is 31.1 Å². The summed E-state index contributed by atoms with van der Waals surface area (Å²) in [5.74, 6) is 0. The number of fused-ring (bicyclic) bond motifs is 1. The molecule has 0 aliphatic heterocycles.